The van der Waals surface area contributed by atoms with Crippen LogP contribution in [0.1, 0.15) is 72.1 Å². The first-order valence-corrected chi connectivity index (χ1v) is 9.29. The molecule has 0 rings (SSSR count). The Hall–Kier alpha value is -1.18. The van der Waals surface area contributed by atoms with Gasteiger partial charge in [0, 0.05) is 19.4 Å². The fraction of sp³-hybridized carbons (Fsp3) is 0.889. The van der Waals surface area contributed by atoms with E-state index in [1.165, 1.54) is 0 Å². The Balaban J connectivity index is 4.71. The quantitative estimate of drug-likeness (QED) is 0.240. The highest BCUT2D eigenvalue weighted by Crippen LogP contribution is 2.20. The Morgan fingerprint density at radius 2 is 1.44 bits per heavy atom. The van der Waals surface area contributed by atoms with Crippen molar-refractivity contribution in [3.63, 3.8) is 0 Å². The Kier molecular flexibility index (Phi) is 14.4. The Bertz CT molecular complexity index is 347. The van der Waals surface area contributed by atoms with Gasteiger partial charge in [0.15, 0.2) is 0 Å². The molecule has 0 atom stereocenters. The number of carboxylic acids is 1. The van der Waals surface area contributed by atoms with Gasteiger partial charge >= 0.3 is 17.9 Å². The number of rotatable bonds is 17. The van der Waals surface area contributed by atoms with Crippen molar-refractivity contribution in [2.75, 3.05) is 26.4 Å². The van der Waals surface area contributed by atoms with Gasteiger partial charge < -0.3 is 24.1 Å². The number of hydrogen-bond acceptors (Lipinski definition) is 6. The minimum atomic E-state index is -1.52. The highest BCUT2D eigenvalue weighted by Gasteiger charge is 2.37. The molecule has 7 nitrogen and oxygen atoms in total. The molecule has 0 aromatic rings. The van der Waals surface area contributed by atoms with Crippen LogP contribution in [0, 0.1) is 0 Å². The summed E-state index contributed by atoms with van der Waals surface area (Å²) in [5.41, 5.74) is 0. The number of carbonyl (C=O) groups is 2. The second kappa shape index (κ2) is 15.1. The number of esters is 1. The number of hydrogen-bond donors (Lipinski definition) is 1. The van der Waals surface area contributed by atoms with E-state index >= 15 is 0 Å². The zero-order chi connectivity index (χ0) is 19.0. The molecule has 0 fully saturated rings. The summed E-state index contributed by atoms with van der Waals surface area (Å²) in [5.74, 6) is -2.87. The molecule has 7 heteroatoms. The Morgan fingerprint density at radius 1 is 0.880 bits per heavy atom. The molecular formula is C18H34O7. The van der Waals surface area contributed by atoms with Gasteiger partial charge in [-0.2, -0.15) is 0 Å². The van der Waals surface area contributed by atoms with E-state index in [1.54, 1.807) is 0 Å². The summed E-state index contributed by atoms with van der Waals surface area (Å²) in [6, 6.07) is 0. The predicted octanol–water partition coefficient (Wildman–Crippen LogP) is 3.50. The van der Waals surface area contributed by atoms with E-state index in [4.69, 9.17) is 24.1 Å². The van der Waals surface area contributed by atoms with Crippen LogP contribution in [0.4, 0.5) is 0 Å². The van der Waals surface area contributed by atoms with Gasteiger partial charge in [-0.1, -0.05) is 26.7 Å². The van der Waals surface area contributed by atoms with Crippen molar-refractivity contribution in [3.8, 4) is 0 Å². The van der Waals surface area contributed by atoms with E-state index in [0.29, 0.717) is 32.7 Å². The van der Waals surface area contributed by atoms with E-state index in [0.717, 1.165) is 25.7 Å². The van der Waals surface area contributed by atoms with Crippen LogP contribution < -0.4 is 0 Å². The lowest BCUT2D eigenvalue weighted by Gasteiger charge is -2.32. The average molecular weight is 362 g/mol. The van der Waals surface area contributed by atoms with Crippen LogP contribution in [0.15, 0.2) is 0 Å². The zero-order valence-corrected chi connectivity index (χ0v) is 15.9. The SMILES string of the molecule is CCCCOC(COCC)(OCCCC)OC(=O)CCCCC(=O)O. The number of carbonyl (C=O) groups excluding carboxylic acids is 1. The summed E-state index contributed by atoms with van der Waals surface area (Å²) in [6.07, 6.45) is 4.57. The summed E-state index contributed by atoms with van der Waals surface area (Å²) in [6.45, 7) is 7.20. The molecule has 0 saturated carbocycles. The van der Waals surface area contributed by atoms with Crippen LogP contribution in [-0.4, -0.2) is 49.4 Å². The van der Waals surface area contributed by atoms with Crippen LogP contribution in [0.5, 0.6) is 0 Å². The molecule has 0 saturated heterocycles. The second-order valence-corrected chi connectivity index (χ2v) is 5.80. The molecule has 0 amide bonds. The summed E-state index contributed by atoms with van der Waals surface area (Å²) < 4.78 is 22.4. The van der Waals surface area contributed by atoms with Gasteiger partial charge in [0.25, 0.3) is 0 Å². The van der Waals surface area contributed by atoms with Crippen LogP contribution in [-0.2, 0) is 28.5 Å². The van der Waals surface area contributed by atoms with Gasteiger partial charge in [0.1, 0.15) is 6.61 Å². The number of ether oxygens (including phenoxy) is 4. The Labute approximate surface area is 151 Å². The fourth-order valence-electron chi connectivity index (χ4n) is 1.95. The number of unbranched alkanes of at least 4 members (excludes halogenated alkanes) is 3. The molecule has 0 unspecified atom stereocenters. The molecule has 0 radical (unpaired) electrons. The highest BCUT2D eigenvalue weighted by molar-refractivity contribution is 5.70. The molecule has 0 bridgehead atoms. The topological polar surface area (TPSA) is 91.3 Å². The fourth-order valence-corrected chi connectivity index (χ4v) is 1.95. The van der Waals surface area contributed by atoms with Gasteiger partial charge in [-0.25, -0.2) is 0 Å². The Morgan fingerprint density at radius 3 is 1.92 bits per heavy atom. The van der Waals surface area contributed by atoms with Crippen molar-refractivity contribution >= 4 is 11.9 Å². The van der Waals surface area contributed by atoms with E-state index < -0.39 is 17.9 Å². The first-order valence-electron chi connectivity index (χ1n) is 9.29. The van der Waals surface area contributed by atoms with Crippen molar-refractivity contribution in [2.45, 2.75) is 78.1 Å². The van der Waals surface area contributed by atoms with E-state index in [2.05, 4.69) is 0 Å². The molecule has 0 spiro atoms. The summed E-state index contributed by atoms with van der Waals surface area (Å²) in [4.78, 5) is 22.7. The second-order valence-electron chi connectivity index (χ2n) is 5.80. The maximum atomic E-state index is 12.1. The molecule has 148 valence electrons. The van der Waals surface area contributed by atoms with Crippen molar-refractivity contribution in [1.29, 1.82) is 0 Å². The maximum absolute atomic E-state index is 12.1. The van der Waals surface area contributed by atoms with Crippen molar-refractivity contribution in [1.82, 2.24) is 0 Å². The predicted molar refractivity (Wildman–Crippen MR) is 93.1 cm³/mol. The van der Waals surface area contributed by atoms with E-state index in [1.807, 2.05) is 20.8 Å². The molecule has 0 aliphatic carbocycles. The van der Waals surface area contributed by atoms with E-state index in [-0.39, 0.29) is 19.4 Å². The van der Waals surface area contributed by atoms with Gasteiger partial charge in [-0.3, -0.25) is 9.59 Å². The molecular weight excluding hydrogens is 328 g/mol. The molecule has 0 aliphatic rings. The highest BCUT2D eigenvalue weighted by atomic mass is 16.9. The normalized spacial score (nSPS) is 11.5. The third-order valence-corrected chi connectivity index (χ3v) is 3.41. The largest absolute Gasteiger partial charge is 0.481 e. The minimum Gasteiger partial charge on any atom is -0.481 e. The lowest BCUT2D eigenvalue weighted by Crippen LogP contribution is -2.46. The zero-order valence-electron chi connectivity index (χ0n) is 15.9. The van der Waals surface area contributed by atoms with Crippen molar-refractivity contribution < 1.29 is 33.6 Å². The summed E-state index contributed by atoms with van der Waals surface area (Å²) in [5, 5.41) is 8.63. The van der Waals surface area contributed by atoms with Crippen LogP contribution in [0.2, 0.25) is 0 Å². The molecule has 0 aliphatic heterocycles. The monoisotopic (exact) mass is 362 g/mol. The van der Waals surface area contributed by atoms with Gasteiger partial charge in [-0.05, 0) is 32.6 Å². The first kappa shape index (κ1) is 23.8. The molecule has 25 heavy (non-hydrogen) atoms. The molecule has 0 aromatic carbocycles. The number of carboxylic acid groups (broad SMARTS) is 1. The van der Waals surface area contributed by atoms with Crippen LogP contribution in [0.3, 0.4) is 0 Å². The van der Waals surface area contributed by atoms with Crippen molar-refractivity contribution in [2.24, 2.45) is 0 Å². The average Bonchev–Trinajstić information content (AvgIpc) is 2.57. The maximum Gasteiger partial charge on any atom is 0.354 e. The van der Waals surface area contributed by atoms with Crippen LogP contribution in [0.25, 0.3) is 0 Å². The van der Waals surface area contributed by atoms with Gasteiger partial charge in [-0.15, -0.1) is 0 Å². The minimum absolute atomic E-state index is 0.0117. The standard InChI is InChI=1S/C18H34O7/c1-4-7-13-23-18(15-22-6-3,24-14-8-5-2)25-17(21)12-10-9-11-16(19)20/h4-15H2,1-3H3,(H,19,20). The van der Waals surface area contributed by atoms with Crippen molar-refractivity contribution in [3.05, 3.63) is 0 Å². The summed E-state index contributed by atoms with van der Waals surface area (Å²) >= 11 is 0. The smallest absolute Gasteiger partial charge is 0.354 e. The molecule has 0 aromatic heterocycles. The lowest BCUT2D eigenvalue weighted by molar-refractivity contribution is -0.378. The third kappa shape index (κ3) is 12.8. The molecule has 0 heterocycles. The van der Waals surface area contributed by atoms with Crippen LogP contribution >= 0.6 is 0 Å². The van der Waals surface area contributed by atoms with Gasteiger partial charge in [0.2, 0.25) is 0 Å². The molecule has 1 N–H and O–H groups in total. The number of aliphatic carboxylic acids is 1. The first-order chi connectivity index (χ1) is 12.0. The summed E-state index contributed by atoms with van der Waals surface area (Å²) in [7, 11) is 0. The van der Waals surface area contributed by atoms with E-state index in [9.17, 15) is 9.59 Å². The lowest BCUT2D eigenvalue weighted by atomic mass is 10.2. The van der Waals surface area contributed by atoms with Gasteiger partial charge in [0.05, 0.1) is 13.2 Å². The third-order valence-electron chi connectivity index (χ3n) is 3.41.